The molecule has 18 heavy (non-hydrogen) atoms. The lowest BCUT2D eigenvalue weighted by atomic mass is 10.2. The first-order chi connectivity index (χ1) is 8.84. The molecule has 0 saturated carbocycles. The molecular weight excluding hydrogens is 228 g/mol. The van der Waals surface area contributed by atoms with Gasteiger partial charge in [-0.25, -0.2) is 9.50 Å². The summed E-state index contributed by atoms with van der Waals surface area (Å²) in [7, 11) is 0. The van der Waals surface area contributed by atoms with Crippen molar-refractivity contribution in [1.82, 2.24) is 14.6 Å². The molecule has 1 aromatic carbocycles. The number of phenolic OH excluding ortho intramolecular Hbond substituents is 1. The van der Waals surface area contributed by atoms with Crippen LogP contribution < -0.4 is 5.32 Å². The molecule has 2 N–H and O–H groups in total. The number of aromatic nitrogens is 3. The maximum absolute atomic E-state index is 9.68. The number of para-hydroxylation sites is 1. The minimum Gasteiger partial charge on any atom is -0.508 e. The van der Waals surface area contributed by atoms with Crippen LogP contribution in [0.2, 0.25) is 0 Å². The van der Waals surface area contributed by atoms with Crippen molar-refractivity contribution in [3.63, 3.8) is 0 Å². The molecule has 0 atom stereocenters. The van der Waals surface area contributed by atoms with E-state index >= 15 is 0 Å². The van der Waals surface area contributed by atoms with E-state index in [2.05, 4.69) is 15.4 Å². The Kier molecular flexibility index (Phi) is 2.57. The first kappa shape index (κ1) is 10.6. The van der Waals surface area contributed by atoms with Crippen LogP contribution in [0.4, 0.5) is 5.82 Å². The van der Waals surface area contributed by atoms with E-state index < -0.39 is 0 Å². The molecule has 0 bridgehead atoms. The Bertz CT molecular complexity index is 677. The Morgan fingerprint density at radius 1 is 1.17 bits per heavy atom. The number of benzene rings is 1. The highest BCUT2D eigenvalue weighted by atomic mass is 16.3. The van der Waals surface area contributed by atoms with Gasteiger partial charge in [0.25, 0.3) is 0 Å². The fraction of sp³-hybridized carbons (Fsp3) is 0.0769. The topological polar surface area (TPSA) is 62.5 Å². The van der Waals surface area contributed by atoms with Gasteiger partial charge in [0.05, 0.1) is 6.20 Å². The predicted octanol–water partition coefficient (Wildman–Crippen LogP) is 2.05. The second-order valence-corrected chi connectivity index (χ2v) is 3.92. The van der Waals surface area contributed by atoms with Gasteiger partial charge >= 0.3 is 0 Å². The van der Waals surface area contributed by atoms with Crippen molar-refractivity contribution < 1.29 is 5.11 Å². The molecule has 0 unspecified atom stereocenters. The first-order valence-electron chi connectivity index (χ1n) is 5.64. The molecule has 3 aromatic rings. The molecule has 5 heteroatoms. The van der Waals surface area contributed by atoms with E-state index in [0.29, 0.717) is 6.54 Å². The lowest BCUT2D eigenvalue weighted by Crippen LogP contribution is -2.03. The van der Waals surface area contributed by atoms with E-state index in [1.165, 1.54) is 0 Å². The number of anilines is 1. The summed E-state index contributed by atoms with van der Waals surface area (Å²) >= 11 is 0. The molecule has 0 amide bonds. The number of fused-ring (bicyclic) bond motifs is 1. The van der Waals surface area contributed by atoms with Gasteiger partial charge in [-0.2, -0.15) is 5.10 Å². The van der Waals surface area contributed by atoms with E-state index in [9.17, 15) is 5.11 Å². The molecule has 0 saturated heterocycles. The monoisotopic (exact) mass is 240 g/mol. The van der Waals surface area contributed by atoms with Crippen LogP contribution in [0.15, 0.2) is 48.9 Å². The fourth-order valence-electron chi connectivity index (χ4n) is 1.83. The van der Waals surface area contributed by atoms with Gasteiger partial charge in [0.15, 0.2) is 5.82 Å². The Morgan fingerprint density at radius 2 is 2.06 bits per heavy atom. The summed E-state index contributed by atoms with van der Waals surface area (Å²) in [6, 6.07) is 9.13. The van der Waals surface area contributed by atoms with Crippen LogP contribution in [0.5, 0.6) is 5.75 Å². The van der Waals surface area contributed by atoms with Crippen molar-refractivity contribution in [2.45, 2.75) is 6.54 Å². The van der Waals surface area contributed by atoms with E-state index in [1.54, 1.807) is 35.2 Å². The molecule has 0 aliphatic heterocycles. The lowest BCUT2D eigenvalue weighted by Gasteiger charge is -2.08. The molecular formula is C13H12N4O. The summed E-state index contributed by atoms with van der Waals surface area (Å²) in [5.74, 6) is 1.03. The lowest BCUT2D eigenvalue weighted by molar-refractivity contribution is 0.469. The van der Waals surface area contributed by atoms with Crippen molar-refractivity contribution in [2.24, 2.45) is 0 Å². The quantitative estimate of drug-likeness (QED) is 0.735. The predicted molar refractivity (Wildman–Crippen MR) is 68.4 cm³/mol. The Hall–Kier alpha value is -2.56. The average Bonchev–Trinajstić information content (AvgIpc) is 2.86. The number of nitrogens with zero attached hydrogens (tertiary/aromatic N) is 3. The Balaban J connectivity index is 1.85. The molecule has 2 heterocycles. The molecule has 5 nitrogen and oxygen atoms in total. The number of hydrogen-bond donors (Lipinski definition) is 2. The second kappa shape index (κ2) is 4.37. The smallest absolute Gasteiger partial charge is 0.152 e. The number of rotatable bonds is 3. The molecule has 2 aromatic heterocycles. The highest BCUT2D eigenvalue weighted by molar-refractivity contribution is 5.66. The minimum atomic E-state index is 0.283. The SMILES string of the molecule is Oc1ccccc1CNc1nccn2nccc12. The van der Waals surface area contributed by atoms with Gasteiger partial charge in [0.2, 0.25) is 0 Å². The van der Waals surface area contributed by atoms with Crippen molar-refractivity contribution in [3.8, 4) is 5.75 Å². The minimum absolute atomic E-state index is 0.283. The van der Waals surface area contributed by atoms with E-state index in [1.807, 2.05) is 18.2 Å². The van der Waals surface area contributed by atoms with Crippen LogP contribution in [0, 0.1) is 0 Å². The highest BCUT2D eigenvalue weighted by Crippen LogP contribution is 2.18. The van der Waals surface area contributed by atoms with Crippen LogP contribution >= 0.6 is 0 Å². The zero-order chi connectivity index (χ0) is 12.4. The largest absolute Gasteiger partial charge is 0.508 e. The molecule has 3 rings (SSSR count). The molecule has 90 valence electrons. The highest BCUT2D eigenvalue weighted by Gasteiger charge is 2.04. The molecule has 0 radical (unpaired) electrons. The molecule has 0 fully saturated rings. The number of aromatic hydroxyl groups is 1. The molecule has 0 spiro atoms. The van der Waals surface area contributed by atoms with Crippen molar-refractivity contribution >= 4 is 11.3 Å². The van der Waals surface area contributed by atoms with Crippen LogP contribution in [0.1, 0.15) is 5.56 Å². The third kappa shape index (κ3) is 1.86. The van der Waals surface area contributed by atoms with Gasteiger partial charge in [-0.3, -0.25) is 0 Å². The van der Waals surface area contributed by atoms with Gasteiger partial charge in [0, 0.05) is 24.5 Å². The third-order valence-corrected chi connectivity index (χ3v) is 2.76. The maximum atomic E-state index is 9.68. The van der Waals surface area contributed by atoms with Gasteiger partial charge < -0.3 is 10.4 Å². The van der Waals surface area contributed by atoms with Crippen molar-refractivity contribution in [3.05, 3.63) is 54.5 Å². The summed E-state index contributed by atoms with van der Waals surface area (Å²) in [6.45, 7) is 0.518. The normalized spacial score (nSPS) is 10.7. The zero-order valence-corrected chi connectivity index (χ0v) is 9.61. The second-order valence-electron chi connectivity index (χ2n) is 3.92. The fourth-order valence-corrected chi connectivity index (χ4v) is 1.83. The van der Waals surface area contributed by atoms with E-state index in [0.717, 1.165) is 16.9 Å². The maximum Gasteiger partial charge on any atom is 0.152 e. The van der Waals surface area contributed by atoms with Crippen LogP contribution in [-0.4, -0.2) is 19.7 Å². The van der Waals surface area contributed by atoms with E-state index in [-0.39, 0.29) is 5.75 Å². The van der Waals surface area contributed by atoms with Crippen LogP contribution in [0.25, 0.3) is 5.52 Å². The zero-order valence-electron chi connectivity index (χ0n) is 9.61. The standard InChI is InChI=1S/C13H12N4O/c18-12-4-2-1-3-10(12)9-15-13-11-5-6-16-17(11)8-7-14-13/h1-8,18H,9H2,(H,14,15). The first-order valence-corrected chi connectivity index (χ1v) is 5.64. The number of phenols is 1. The van der Waals surface area contributed by atoms with Gasteiger partial charge in [0.1, 0.15) is 11.3 Å². The van der Waals surface area contributed by atoms with Crippen molar-refractivity contribution in [1.29, 1.82) is 0 Å². The van der Waals surface area contributed by atoms with E-state index in [4.69, 9.17) is 0 Å². The molecule has 0 aliphatic carbocycles. The molecule has 0 aliphatic rings. The Labute approximate surface area is 104 Å². The van der Waals surface area contributed by atoms with Gasteiger partial charge in [-0.1, -0.05) is 18.2 Å². The number of nitrogens with one attached hydrogen (secondary N) is 1. The third-order valence-electron chi connectivity index (χ3n) is 2.76. The summed E-state index contributed by atoms with van der Waals surface area (Å²) in [5, 5.41) is 17.0. The summed E-state index contributed by atoms with van der Waals surface area (Å²) in [4.78, 5) is 4.27. The summed E-state index contributed by atoms with van der Waals surface area (Å²) < 4.78 is 1.75. The Morgan fingerprint density at radius 3 is 2.94 bits per heavy atom. The number of hydrogen-bond acceptors (Lipinski definition) is 4. The average molecular weight is 240 g/mol. The van der Waals surface area contributed by atoms with Crippen LogP contribution in [-0.2, 0) is 6.54 Å². The van der Waals surface area contributed by atoms with Gasteiger partial charge in [-0.15, -0.1) is 0 Å². The van der Waals surface area contributed by atoms with Crippen LogP contribution in [0.3, 0.4) is 0 Å². The summed E-state index contributed by atoms with van der Waals surface area (Å²) in [6.07, 6.45) is 5.20. The summed E-state index contributed by atoms with van der Waals surface area (Å²) in [5.41, 5.74) is 1.74. The van der Waals surface area contributed by atoms with Gasteiger partial charge in [-0.05, 0) is 12.1 Å². The van der Waals surface area contributed by atoms with Crippen molar-refractivity contribution in [2.75, 3.05) is 5.32 Å².